The Bertz CT molecular complexity index is 538. The minimum Gasteiger partial charge on any atom is -0.379 e. The molecule has 1 aliphatic heterocycles. The standard InChI is InChI=1S/C19H23NO2/c1-3-7-17(8-4-1)16-22-19(18-9-5-2-6-10-18)15-20-11-13-21-14-12-20/h1-10,19H,11-16H2/t19-/m1/s1. The summed E-state index contributed by atoms with van der Waals surface area (Å²) in [7, 11) is 0. The molecule has 1 atom stereocenters. The van der Waals surface area contributed by atoms with Crippen LogP contribution in [0.15, 0.2) is 60.7 Å². The van der Waals surface area contributed by atoms with Crippen LogP contribution >= 0.6 is 0 Å². The van der Waals surface area contributed by atoms with Crippen molar-refractivity contribution in [2.24, 2.45) is 0 Å². The number of nitrogens with zero attached hydrogens (tertiary/aromatic N) is 1. The molecule has 0 aliphatic carbocycles. The maximum absolute atomic E-state index is 6.23. The summed E-state index contributed by atoms with van der Waals surface area (Å²) in [5.74, 6) is 0. The molecule has 1 aliphatic rings. The Labute approximate surface area is 132 Å². The number of ether oxygens (including phenoxy) is 2. The number of benzene rings is 2. The maximum atomic E-state index is 6.23. The van der Waals surface area contributed by atoms with Crippen molar-refractivity contribution in [1.82, 2.24) is 4.90 Å². The molecule has 0 spiro atoms. The third-order valence-electron chi connectivity index (χ3n) is 3.99. The molecule has 0 saturated carbocycles. The molecule has 0 radical (unpaired) electrons. The van der Waals surface area contributed by atoms with E-state index >= 15 is 0 Å². The molecule has 3 nitrogen and oxygen atoms in total. The van der Waals surface area contributed by atoms with Crippen molar-refractivity contribution < 1.29 is 9.47 Å². The molecule has 0 bridgehead atoms. The van der Waals surface area contributed by atoms with Gasteiger partial charge in [-0.25, -0.2) is 0 Å². The quantitative estimate of drug-likeness (QED) is 0.817. The number of rotatable bonds is 6. The van der Waals surface area contributed by atoms with Crippen LogP contribution in [0.2, 0.25) is 0 Å². The Hall–Kier alpha value is -1.68. The third kappa shape index (κ3) is 4.41. The van der Waals surface area contributed by atoms with Gasteiger partial charge in [0.2, 0.25) is 0 Å². The monoisotopic (exact) mass is 297 g/mol. The molecule has 1 fully saturated rings. The minimum atomic E-state index is 0.0968. The second kappa shape index (κ2) is 8.08. The van der Waals surface area contributed by atoms with E-state index in [-0.39, 0.29) is 6.10 Å². The molecular weight excluding hydrogens is 274 g/mol. The van der Waals surface area contributed by atoms with Crippen LogP contribution in [0.25, 0.3) is 0 Å². The highest BCUT2D eigenvalue weighted by molar-refractivity contribution is 5.19. The summed E-state index contributed by atoms with van der Waals surface area (Å²) >= 11 is 0. The van der Waals surface area contributed by atoms with Gasteiger partial charge in [-0.15, -0.1) is 0 Å². The van der Waals surface area contributed by atoms with Crippen molar-refractivity contribution in [3.8, 4) is 0 Å². The van der Waals surface area contributed by atoms with Gasteiger partial charge in [-0.05, 0) is 11.1 Å². The topological polar surface area (TPSA) is 21.7 Å². The zero-order valence-electron chi connectivity index (χ0n) is 12.9. The SMILES string of the molecule is c1ccc(CO[C@H](CN2CCOCC2)c2ccccc2)cc1. The zero-order chi connectivity index (χ0) is 15.0. The van der Waals surface area contributed by atoms with Gasteiger partial charge in [0.05, 0.1) is 25.9 Å². The van der Waals surface area contributed by atoms with Gasteiger partial charge in [-0.3, -0.25) is 4.90 Å². The largest absolute Gasteiger partial charge is 0.379 e. The molecule has 1 saturated heterocycles. The van der Waals surface area contributed by atoms with E-state index in [1.54, 1.807) is 0 Å². The molecule has 1 heterocycles. The van der Waals surface area contributed by atoms with E-state index in [9.17, 15) is 0 Å². The lowest BCUT2D eigenvalue weighted by Gasteiger charge is -2.30. The average Bonchev–Trinajstić information content (AvgIpc) is 2.61. The summed E-state index contributed by atoms with van der Waals surface area (Å²) < 4.78 is 11.7. The van der Waals surface area contributed by atoms with Crippen LogP contribution < -0.4 is 0 Å². The summed E-state index contributed by atoms with van der Waals surface area (Å²) in [5.41, 5.74) is 2.45. The van der Waals surface area contributed by atoms with Crippen molar-refractivity contribution in [2.45, 2.75) is 12.7 Å². The molecule has 3 heteroatoms. The van der Waals surface area contributed by atoms with Gasteiger partial charge >= 0.3 is 0 Å². The van der Waals surface area contributed by atoms with Crippen molar-refractivity contribution >= 4 is 0 Å². The van der Waals surface area contributed by atoms with E-state index in [1.165, 1.54) is 11.1 Å². The molecule has 3 rings (SSSR count). The zero-order valence-corrected chi connectivity index (χ0v) is 12.9. The van der Waals surface area contributed by atoms with Crippen LogP contribution in [0.1, 0.15) is 17.2 Å². The molecule has 22 heavy (non-hydrogen) atoms. The number of hydrogen-bond acceptors (Lipinski definition) is 3. The van der Waals surface area contributed by atoms with Gasteiger partial charge in [-0.1, -0.05) is 60.7 Å². The maximum Gasteiger partial charge on any atom is 0.0956 e. The smallest absolute Gasteiger partial charge is 0.0956 e. The summed E-state index contributed by atoms with van der Waals surface area (Å²) in [4.78, 5) is 2.42. The predicted octanol–water partition coefficient (Wildman–Crippen LogP) is 3.28. The highest BCUT2D eigenvalue weighted by atomic mass is 16.5. The normalized spacial score (nSPS) is 17.3. The summed E-state index contributed by atoms with van der Waals surface area (Å²) in [6, 6.07) is 20.9. The van der Waals surface area contributed by atoms with Crippen LogP contribution in [0.3, 0.4) is 0 Å². The van der Waals surface area contributed by atoms with Gasteiger partial charge in [0.1, 0.15) is 0 Å². The molecular formula is C19H23NO2. The van der Waals surface area contributed by atoms with Gasteiger partial charge < -0.3 is 9.47 Å². The van der Waals surface area contributed by atoms with Crippen LogP contribution in [0, 0.1) is 0 Å². The van der Waals surface area contributed by atoms with Gasteiger partial charge in [0, 0.05) is 19.6 Å². The van der Waals surface area contributed by atoms with E-state index in [4.69, 9.17) is 9.47 Å². The Morgan fingerprint density at radius 1 is 0.909 bits per heavy atom. The van der Waals surface area contributed by atoms with Crippen molar-refractivity contribution in [2.75, 3.05) is 32.8 Å². The number of hydrogen-bond donors (Lipinski definition) is 0. The van der Waals surface area contributed by atoms with Gasteiger partial charge in [0.25, 0.3) is 0 Å². The van der Waals surface area contributed by atoms with Crippen molar-refractivity contribution in [1.29, 1.82) is 0 Å². The van der Waals surface area contributed by atoms with Crippen LogP contribution in [0.5, 0.6) is 0 Å². The molecule has 0 amide bonds. The second-order valence-corrected chi connectivity index (χ2v) is 5.61. The predicted molar refractivity (Wildman–Crippen MR) is 87.7 cm³/mol. The Morgan fingerprint density at radius 2 is 1.55 bits per heavy atom. The lowest BCUT2D eigenvalue weighted by atomic mass is 10.1. The molecule has 0 N–H and O–H groups in total. The summed E-state index contributed by atoms with van der Waals surface area (Å²) in [6.07, 6.45) is 0.0968. The first kappa shape index (κ1) is 15.2. The fourth-order valence-electron chi connectivity index (χ4n) is 2.71. The van der Waals surface area contributed by atoms with E-state index in [0.29, 0.717) is 6.61 Å². The average molecular weight is 297 g/mol. The second-order valence-electron chi connectivity index (χ2n) is 5.61. The lowest BCUT2D eigenvalue weighted by Crippen LogP contribution is -2.39. The van der Waals surface area contributed by atoms with E-state index in [0.717, 1.165) is 32.8 Å². The Balaban J connectivity index is 1.65. The fraction of sp³-hybridized carbons (Fsp3) is 0.368. The summed E-state index contributed by atoms with van der Waals surface area (Å²) in [5, 5.41) is 0. The number of morpholine rings is 1. The highest BCUT2D eigenvalue weighted by Gasteiger charge is 2.18. The lowest BCUT2D eigenvalue weighted by molar-refractivity contribution is -0.0192. The van der Waals surface area contributed by atoms with E-state index in [1.807, 2.05) is 12.1 Å². The molecule has 0 aromatic heterocycles. The van der Waals surface area contributed by atoms with Crippen molar-refractivity contribution in [3.05, 3.63) is 71.8 Å². The van der Waals surface area contributed by atoms with Crippen molar-refractivity contribution in [3.63, 3.8) is 0 Å². The van der Waals surface area contributed by atoms with Gasteiger partial charge in [0.15, 0.2) is 0 Å². The fourth-order valence-corrected chi connectivity index (χ4v) is 2.71. The van der Waals surface area contributed by atoms with E-state index < -0.39 is 0 Å². The molecule has 2 aromatic carbocycles. The Kier molecular flexibility index (Phi) is 5.59. The first-order chi connectivity index (χ1) is 10.9. The molecule has 2 aromatic rings. The van der Waals surface area contributed by atoms with Gasteiger partial charge in [-0.2, -0.15) is 0 Å². The van der Waals surface area contributed by atoms with E-state index in [2.05, 4.69) is 53.4 Å². The summed E-state index contributed by atoms with van der Waals surface area (Å²) in [6.45, 7) is 5.17. The highest BCUT2D eigenvalue weighted by Crippen LogP contribution is 2.21. The van der Waals surface area contributed by atoms with Crippen LogP contribution in [-0.2, 0) is 16.1 Å². The van der Waals surface area contributed by atoms with Crippen LogP contribution in [0.4, 0.5) is 0 Å². The van der Waals surface area contributed by atoms with Crippen LogP contribution in [-0.4, -0.2) is 37.7 Å². The molecule has 116 valence electrons. The first-order valence-corrected chi connectivity index (χ1v) is 7.92. The third-order valence-corrected chi connectivity index (χ3v) is 3.99. The first-order valence-electron chi connectivity index (χ1n) is 7.92. The molecule has 0 unspecified atom stereocenters. The Morgan fingerprint density at radius 3 is 2.23 bits per heavy atom. The minimum absolute atomic E-state index is 0.0968.